The van der Waals surface area contributed by atoms with E-state index in [0.717, 1.165) is 5.56 Å². The zero-order valence-electron chi connectivity index (χ0n) is 13.9. The highest BCUT2D eigenvalue weighted by atomic mass is 35.5. The lowest BCUT2D eigenvalue weighted by atomic mass is 10.1. The maximum Gasteiger partial charge on any atom is 0.224 e. The summed E-state index contributed by atoms with van der Waals surface area (Å²) >= 11 is 12.3. The van der Waals surface area contributed by atoms with E-state index < -0.39 is 0 Å². The molecular formula is C21H17Cl2NO2. The van der Waals surface area contributed by atoms with Crippen LogP contribution in [0.2, 0.25) is 10.0 Å². The second kappa shape index (κ2) is 8.75. The lowest BCUT2D eigenvalue weighted by molar-refractivity contribution is -0.116. The zero-order valence-corrected chi connectivity index (χ0v) is 15.4. The Morgan fingerprint density at radius 3 is 2.23 bits per heavy atom. The number of anilines is 1. The normalized spacial score (nSPS) is 10.4. The van der Waals surface area contributed by atoms with Crippen LogP contribution in [0.15, 0.2) is 72.8 Å². The molecule has 26 heavy (non-hydrogen) atoms. The van der Waals surface area contributed by atoms with Crippen molar-refractivity contribution < 1.29 is 9.53 Å². The summed E-state index contributed by atoms with van der Waals surface area (Å²) in [6.07, 6.45) is 0.731. The number of ether oxygens (including phenoxy) is 1. The van der Waals surface area contributed by atoms with E-state index in [2.05, 4.69) is 5.32 Å². The monoisotopic (exact) mass is 385 g/mol. The summed E-state index contributed by atoms with van der Waals surface area (Å²) in [5.74, 6) is 1.16. The Balaban J connectivity index is 1.66. The van der Waals surface area contributed by atoms with Gasteiger partial charge in [0.25, 0.3) is 0 Å². The summed E-state index contributed by atoms with van der Waals surface area (Å²) in [6.45, 7) is 0. The van der Waals surface area contributed by atoms with Crippen LogP contribution >= 0.6 is 23.2 Å². The third kappa shape index (κ3) is 4.78. The van der Waals surface area contributed by atoms with Gasteiger partial charge in [0.05, 0.1) is 5.69 Å². The van der Waals surface area contributed by atoms with Crippen LogP contribution in [0.1, 0.15) is 12.0 Å². The van der Waals surface area contributed by atoms with E-state index >= 15 is 0 Å². The number of carbonyl (C=O) groups excluding carboxylic acids is 1. The van der Waals surface area contributed by atoms with Gasteiger partial charge in [0.1, 0.15) is 5.75 Å². The molecule has 0 radical (unpaired) electrons. The van der Waals surface area contributed by atoms with E-state index in [1.165, 1.54) is 0 Å². The summed E-state index contributed by atoms with van der Waals surface area (Å²) < 4.78 is 5.85. The van der Waals surface area contributed by atoms with Gasteiger partial charge < -0.3 is 10.1 Å². The van der Waals surface area contributed by atoms with Crippen molar-refractivity contribution in [1.82, 2.24) is 0 Å². The second-order valence-electron chi connectivity index (χ2n) is 5.66. The standard InChI is InChI=1S/C21H17Cl2NO2/c22-17-9-6-10-18(23)16(17)13-14-21(25)24-19-11-4-5-12-20(19)26-15-7-2-1-3-8-15/h1-12H,13-14H2,(H,24,25). The van der Waals surface area contributed by atoms with Crippen LogP contribution in [0.25, 0.3) is 0 Å². The van der Waals surface area contributed by atoms with Crippen LogP contribution in [0.5, 0.6) is 11.5 Å². The first-order valence-corrected chi connectivity index (χ1v) is 8.94. The minimum atomic E-state index is -0.134. The molecule has 5 heteroatoms. The number of amides is 1. The van der Waals surface area contributed by atoms with Crippen LogP contribution < -0.4 is 10.1 Å². The Morgan fingerprint density at radius 2 is 1.50 bits per heavy atom. The molecule has 0 heterocycles. The van der Waals surface area contributed by atoms with Crippen molar-refractivity contribution in [2.24, 2.45) is 0 Å². The van der Waals surface area contributed by atoms with Gasteiger partial charge in [-0.3, -0.25) is 4.79 Å². The molecule has 0 aliphatic carbocycles. The van der Waals surface area contributed by atoms with Gasteiger partial charge in [0.2, 0.25) is 5.91 Å². The number of hydrogen-bond acceptors (Lipinski definition) is 2. The molecule has 3 aromatic carbocycles. The van der Waals surface area contributed by atoms with E-state index in [1.54, 1.807) is 24.3 Å². The highest BCUT2D eigenvalue weighted by Crippen LogP contribution is 2.30. The summed E-state index contributed by atoms with van der Waals surface area (Å²) in [6, 6.07) is 22.1. The first-order valence-electron chi connectivity index (χ1n) is 8.18. The van der Waals surface area contributed by atoms with E-state index in [9.17, 15) is 4.79 Å². The first kappa shape index (κ1) is 18.3. The van der Waals surface area contributed by atoms with Crippen LogP contribution in [0.4, 0.5) is 5.69 Å². The fourth-order valence-electron chi connectivity index (χ4n) is 2.50. The highest BCUT2D eigenvalue weighted by molar-refractivity contribution is 6.36. The van der Waals surface area contributed by atoms with Crippen molar-refractivity contribution in [1.29, 1.82) is 0 Å². The largest absolute Gasteiger partial charge is 0.455 e. The van der Waals surface area contributed by atoms with Gasteiger partial charge in [-0.15, -0.1) is 0 Å². The molecule has 3 rings (SSSR count). The van der Waals surface area contributed by atoms with E-state index in [-0.39, 0.29) is 12.3 Å². The summed E-state index contributed by atoms with van der Waals surface area (Å²) in [5, 5.41) is 4.03. The topological polar surface area (TPSA) is 38.3 Å². The van der Waals surface area contributed by atoms with Crippen LogP contribution in [-0.4, -0.2) is 5.91 Å². The maximum atomic E-state index is 12.4. The average Bonchev–Trinajstić information content (AvgIpc) is 2.64. The predicted octanol–water partition coefficient (Wildman–Crippen LogP) is 6.36. The minimum Gasteiger partial charge on any atom is -0.455 e. The molecule has 0 bridgehead atoms. The fourth-order valence-corrected chi connectivity index (χ4v) is 3.08. The molecular weight excluding hydrogens is 369 g/mol. The number of benzene rings is 3. The van der Waals surface area contributed by atoms with Crippen LogP contribution in [0.3, 0.4) is 0 Å². The quantitative estimate of drug-likeness (QED) is 0.536. The molecule has 1 amide bonds. The van der Waals surface area contributed by atoms with Crippen molar-refractivity contribution in [2.75, 3.05) is 5.32 Å². The molecule has 0 spiro atoms. The Morgan fingerprint density at radius 1 is 0.846 bits per heavy atom. The number of halogens is 2. The molecule has 0 aliphatic rings. The predicted molar refractivity (Wildman–Crippen MR) is 106 cm³/mol. The van der Waals surface area contributed by atoms with Gasteiger partial charge in [-0.25, -0.2) is 0 Å². The van der Waals surface area contributed by atoms with Crippen molar-refractivity contribution in [3.8, 4) is 11.5 Å². The smallest absolute Gasteiger partial charge is 0.224 e. The first-order chi connectivity index (χ1) is 12.6. The molecule has 132 valence electrons. The van der Waals surface area contributed by atoms with Gasteiger partial charge >= 0.3 is 0 Å². The number of carbonyl (C=O) groups is 1. The highest BCUT2D eigenvalue weighted by Gasteiger charge is 2.11. The zero-order chi connectivity index (χ0) is 18.4. The molecule has 3 aromatic rings. The summed E-state index contributed by atoms with van der Waals surface area (Å²) in [4.78, 5) is 12.4. The van der Waals surface area contributed by atoms with Gasteiger partial charge in [-0.05, 0) is 48.4 Å². The molecule has 0 atom stereocenters. The van der Waals surface area contributed by atoms with Crippen molar-refractivity contribution in [3.05, 3.63) is 88.4 Å². The molecule has 0 unspecified atom stereocenters. The molecule has 0 saturated heterocycles. The van der Waals surface area contributed by atoms with Crippen molar-refractivity contribution in [2.45, 2.75) is 12.8 Å². The lowest BCUT2D eigenvalue weighted by Crippen LogP contribution is -2.13. The van der Waals surface area contributed by atoms with Gasteiger partial charge in [-0.1, -0.05) is 59.6 Å². The average molecular weight is 386 g/mol. The molecule has 0 aliphatic heterocycles. The SMILES string of the molecule is O=C(CCc1c(Cl)cccc1Cl)Nc1ccccc1Oc1ccccc1. The summed E-state index contributed by atoms with van der Waals surface area (Å²) in [7, 11) is 0. The second-order valence-corrected chi connectivity index (χ2v) is 6.47. The van der Waals surface area contributed by atoms with E-state index in [1.807, 2.05) is 48.5 Å². The third-order valence-electron chi connectivity index (χ3n) is 3.80. The Hall–Kier alpha value is -2.49. The molecule has 0 aromatic heterocycles. The molecule has 0 fully saturated rings. The number of hydrogen-bond donors (Lipinski definition) is 1. The van der Waals surface area contributed by atoms with Crippen LogP contribution in [-0.2, 0) is 11.2 Å². The Kier molecular flexibility index (Phi) is 6.16. The van der Waals surface area contributed by atoms with Crippen molar-refractivity contribution >= 4 is 34.8 Å². The summed E-state index contributed by atoms with van der Waals surface area (Å²) in [5.41, 5.74) is 1.39. The fraction of sp³-hybridized carbons (Fsp3) is 0.0952. The van der Waals surface area contributed by atoms with E-state index in [0.29, 0.717) is 33.7 Å². The maximum absolute atomic E-state index is 12.4. The van der Waals surface area contributed by atoms with Crippen LogP contribution in [0, 0.1) is 0 Å². The number of nitrogens with one attached hydrogen (secondary N) is 1. The molecule has 1 N–H and O–H groups in total. The molecule has 0 saturated carbocycles. The molecule has 3 nitrogen and oxygen atoms in total. The van der Waals surface area contributed by atoms with Gasteiger partial charge in [-0.2, -0.15) is 0 Å². The van der Waals surface area contributed by atoms with Gasteiger partial charge in [0, 0.05) is 16.5 Å². The Bertz CT molecular complexity index is 877. The number of para-hydroxylation sites is 3. The Labute approximate surface area is 162 Å². The van der Waals surface area contributed by atoms with Gasteiger partial charge in [0.15, 0.2) is 5.75 Å². The van der Waals surface area contributed by atoms with Crippen molar-refractivity contribution in [3.63, 3.8) is 0 Å². The third-order valence-corrected chi connectivity index (χ3v) is 4.50. The van der Waals surface area contributed by atoms with E-state index in [4.69, 9.17) is 27.9 Å². The lowest BCUT2D eigenvalue weighted by Gasteiger charge is -2.12. The minimum absolute atomic E-state index is 0.134. The number of rotatable bonds is 6.